The number of carbonyl (C=O) groups excluding carboxylic acids is 3. The first kappa shape index (κ1) is 26.6. The summed E-state index contributed by atoms with van der Waals surface area (Å²) in [6, 6.07) is -3.45. The van der Waals surface area contributed by atoms with Crippen molar-refractivity contribution in [1.29, 1.82) is 0 Å². The zero-order valence-corrected chi connectivity index (χ0v) is 18.7. The lowest BCUT2D eigenvalue weighted by atomic mass is 9.99. The van der Waals surface area contributed by atoms with Gasteiger partial charge in [0, 0.05) is 14.1 Å². The van der Waals surface area contributed by atoms with Crippen molar-refractivity contribution in [3.63, 3.8) is 0 Å². The predicted molar refractivity (Wildman–Crippen MR) is 106 cm³/mol. The molecule has 168 valence electrons. The van der Waals surface area contributed by atoms with Crippen LogP contribution in [0, 0.1) is 5.92 Å². The molecule has 3 N–H and O–H groups in total. The molecule has 0 aromatic carbocycles. The average molecular weight is 418 g/mol. The lowest BCUT2D eigenvalue weighted by molar-refractivity contribution is -0.148. The molecule has 0 aromatic rings. The van der Waals surface area contributed by atoms with Gasteiger partial charge in [0.15, 0.2) is 6.04 Å². The molecule has 0 bridgehead atoms. The Morgan fingerprint density at radius 2 is 1.41 bits per heavy atom. The van der Waals surface area contributed by atoms with Crippen LogP contribution in [-0.2, 0) is 19.1 Å². The van der Waals surface area contributed by atoms with Crippen LogP contribution in [0.1, 0.15) is 48.5 Å². The molecule has 0 spiro atoms. The number of nitrogens with one attached hydrogen (secondary N) is 1. The molecule has 4 atom stereocenters. The Balaban J connectivity index is 5.18. The van der Waals surface area contributed by atoms with E-state index in [1.54, 1.807) is 34.6 Å². The number of hydrogen-bond acceptors (Lipinski definition) is 6. The maximum Gasteiger partial charge on any atom is 0.410 e. The predicted octanol–water partition coefficient (Wildman–Crippen LogP) is 0.675. The van der Waals surface area contributed by atoms with Crippen molar-refractivity contribution in [2.45, 2.75) is 78.3 Å². The molecule has 10 nitrogen and oxygen atoms in total. The first-order valence-electron chi connectivity index (χ1n) is 9.45. The van der Waals surface area contributed by atoms with Crippen LogP contribution in [0.5, 0.6) is 0 Å². The smallest absolute Gasteiger partial charge is 0.410 e. The van der Waals surface area contributed by atoms with Gasteiger partial charge in [0.05, 0.1) is 6.10 Å². The lowest BCUT2D eigenvalue weighted by Crippen LogP contribution is -2.57. The maximum absolute atomic E-state index is 12.7. The van der Waals surface area contributed by atoms with Crippen molar-refractivity contribution in [2.75, 3.05) is 14.1 Å². The summed E-state index contributed by atoms with van der Waals surface area (Å²) in [7, 11) is 2.79. The van der Waals surface area contributed by atoms with Crippen molar-refractivity contribution < 1.29 is 34.1 Å². The zero-order valence-electron chi connectivity index (χ0n) is 18.7. The van der Waals surface area contributed by atoms with Gasteiger partial charge < -0.3 is 25.2 Å². The Morgan fingerprint density at radius 1 is 0.931 bits per heavy atom. The number of hydrogen-bond donors (Lipinski definition) is 3. The van der Waals surface area contributed by atoms with Gasteiger partial charge in [-0.1, -0.05) is 13.8 Å². The Morgan fingerprint density at radius 3 is 1.79 bits per heavy atom. The highest BCUT2D eigenvalue weighted by Crippen LogP contribution is 2.13. The number of likely N-dealkylation sites (N-methyl/N-ethyl adjacent to an activating group) is 2. The maximum atomic E-state index is 12.7. The first-order valence-corrected chi connectivity index (χ1v) is 9.45. The van der Waals surface area contributed by atoms with Gasteiger partial charge in [0.1, 0.15) is 17.7 Å². The van der Waals surface area contributed by atoms with Crippen LogP contribution in [0.4, 0.5) is 4.79 Å². The number of aliphatic hydroxyl groups is 1. The van der Waals surface area contributed by atoms with E-state index in [9.17, 15) is 29.4 Å². The fourth-order valence-electron chi connectivity index (χ4n) is 2.27. The van der Waals surface area contributed by atoms with E-state index in [4.69, 9.17) is 4.74 Å². The lowest BCUT2D eigenvalue weighted by Gasteiger charge is -2.33. The van der Waals surface area contributed by atoms with Crippen LogP contribution in [-0.4, -0.2) is 87.8 Å². The third kappa shape index (κ3) is 7.88. The number of amides is 3. The molecule has 0 fully saturated rings. The second-order valence-corrected chi connectivity index (χ2v) is 8.45. The van der Waals surface area contributed by atoms with Gasteiger partial charge in [-0.05, 0) is 40.5 Å². The number of carboxylic acids is 1. The summed E-state index contributed by atoms with van der Waals surface area (Å²) in [5.74, 6) is -3.04. The minimum absolute atomic E-state index is 0.395. The minimum atomic E-state index is -1.50. The molecule has 0 aliphatic heterocycles. The fourth-order valence-corrected chi connectivity index (χ4v) is 2.27. The van der Waals surface area contributed by atoms with Crippen LogP contribution in [0.25, 0.3) is 0 Å². The molecule has 0 radical (unpaired) electrons. The van der Waals surface area contributed by atoms with Crippen molar-refractivity contribution in [3.05, 3.63) is 0 Å². The molecule has 0 aromatic heterocycles. The largest absolute Gasteiger partial charge is 0.480 e. The van der Waals surface area contributed by atoms with Gasteiger partial charge in [-0.2, -0.15) is 0 Å². The van der Waals surface area contributed by atoms with E-state index in [-0.39, 0.29) is 0 Å². The Kier molecular flexibility index (Phi) is 9.58. The summed E-state index contributed by atoms with van der Waals surface area (Å²) in [5, 5.41) is 21.6. The number of rotatable bonds is 8. The van der Waals surface area contributed by atoms with Crippen molar-refractivity contribution in [2.24, 2.45) is 5.92 Å². The van der Waals surface area contributed by atoms with E-state index in [2.05, 4.69) is 5.32 Å². The number of aliphatic carboxylic acids is 1. The van der Waals surface area contributed by atoms with Crippen molar-refractivity contribution in [3.8, 4) is 0 Å². The summed E-state index contributed by atoms with van der Waals surface area (Å²) in [6.45, 7) is 11.3. The van der Waals surface area contributed by atoms with Gasteiger partial charge in [-0.25, -0.2) is 9.59 Å². The summed E-state index contributed by atoms with van der Waals surface area (Å²) in [6.07, 6.45) is -1.98. The van der Waals surface area contributed by atoms with Gasteiger partial charge in [-0.3, -0.25) is 14.5 Å². The molecule has 0 unspecified atom stereocenters. The topological polar surface area (TPSA) is 136 Å². The molecular formula is C19H35N3O7. The number of nitrogens with zero attached hydrogens (tertiary/aromatic N) is 2. The Hall–Kier alpha value is -2.36. The highest BCUT2D eigenvalue weighted by molar-refractivity contribution is 5.92. The Labute approximate surface area is 172 Å². The second kappa shape index (κ2) is 10.4. The van der Waals surface area contributed by atoms with Gasteiger partial charge in [-0.15, -0.1) is 0 Å². The number of ether oxygens (including phenoxy) is 1. The molecule has 0 rings (SSSR count). The van der Waals surface area contributed by atoms with Gasteiger partial charge in [0.2, 0.25) is 11.8 Å². The quantitative estimate of drug-likeness (QED) is 0.528. The van der Waals surface area contributed by atoms with Crippen LogP contribution >= 0.6 is 0 Å². The fraction of sp³-hybridized carbons (Fsp3) is 0.789. The summed E-state index contributed by atoms with van der Waals surface area (Å²) in [5.41, 5.74) is -0.726. The monoisotopic (exact) mass is 417 g/mol. The van der Waals surface area contributed by atoms with E-state index in [0.717, 1.165) is 9.80 Å². The molecule has 3 amide bonds. The van der Waals surface area contributed by atoms with Crippen molar-refractivity contribution >= 4 is 23.9 Å². The van der Waals surface area contributed by atoms with Crippen LogP contribution in [0.2, 0.25) is 0 Å². The van der Waals surface area contributed by atoms with Crippen LogP contribution in [0.3, 0.4) is 0 Å². The van der Waals surface area contributed by atoms with E-state index in [1.807, 2.05) is 0 Å². The third-order valence-corrected chi connectivity index (χ3v) is 4.52. The van der Waals surface area contributed by atoms with E-state index in [1.165, 1.54) is 27.9 Å². The molecule has 0 saturated carbocycles. The molecule has 0 heterocycles. The molecule has 0 aliphatic carbocycles. The van der Waals surface area contributed by atoms with Crippen LogP contribution in [0.15, 0.2) is 0 Å². The van der Waals surface area contributed by atoms with E-state index >= 15 is 0 Å². The van der Waals surface area contributed by atoms with E-state index < -0.39 is 59.6 Å². The molecule has 0 saturated heterocycles. The number of aliphatic hydroxyl groups excluding tert-OH is 1. The minimum Gasteiger partial charge on any atom is -0.480 e. The molecule has 0 aliphatic rings. The number of carbonyl (C=O) groups is 4. The molecule has 10 heteroatoms. The summed E-state index contributed by atoms with van der Waals surface area (Å²) >= 11 is 0. The molecular weight excluding hydrogens is 382 g/mol. The van der Waals surface area contributed by atoms with E-state index in [0.29, 0.717) is 0 Å². The standard InChI is InChI=1S/C19H35N3O7/c1-10(2)14(23)13(17(26)27)20-15(24)11(3)21(8)16(25)12(4)22(9)18(28)29-19(5,6)7/h10-14,23H,1-9H3,(H,20,24)(H,26,27)/t11-,12+,13-,14-/m1/s1. The zero-order chi connectivity index (χ0) is 23.3. The SMILES string of the molecule is CC(C)[C@@H](O)[C@@H](NC(=O)[C@@H](C)N(C)C(=O)[C@H](C)N(C)C(=O)OC(C)(C)C)C(=O)O. The third-order valence-electron chi connectivity index (χ3n) is 4.52. The highest BCUT2D eigenvalue weighted by Gasteiger charge is 2.35. The number of carboxylic acid groups (broad SMARTS) is 1. The molecule has 29 heavy (non-hydrogen) atoms. The van der Waals surface area contributed by atoms with Gasteiger partial charge in [0.25, 0.3) is 0 Å². The second-order valence-electron chi connectivity index (χ2n) is 8.45. The highest BCUT2D eigenvalue weighted by atomic mass is 16.6. The van der Waals surface area contributed by atoms with Crippen molar-refractivity contribution in [1.82, 2.24) is 15.1 Å². The summed E-state index contributed by atoms with van der Waals surface area (Å²) < 4.78 is 5.23. The normalized spacial score (nSPS) is 15.7. The van der Waals surface area contributed by atoms with Gasteiger partial charge >= 0.3 is 12.1 Å². The average Bonchev–Trinajstić information content (AvgIpc) is 2.60. The summed E-state index contributed by atoms with van der Waals surface area (Å²) in [4.78, 5) is 50.9. The van der Waals surface area contributed by atoms with Crippen LogP contribution < -0.4 is 5.32 Å². The first-order chi connectivity index (χ1) is 13.0. The Bertz CT molecular complexity index is 615.